The number of aromatic nitrogens is 5. The van der Waals surface area contributed by atoms with Crippen LogP contribution in [0.2, 0.25) is 0 Å². The summed E-state index contributed by atoms with van der Waals surface area (Å²) in [5, 5.41) is 13.6. The molecule has 15 heteroatoms. The van der Waals surface area contributed by atoms with E-state index in [1.165, 1.54) is 0 Å². The minimum absolute atomic E-state index is 0. The van der Waals surface area contributed by atoms with Gasteiger partial charge in [-0.2, -0.15) is 30.0 Å². The molecule has 2 N–H and O–H groups in total. The number of pyridine rings is 1. The molecule has 1 aliphatic rings. The van der Waals surface area contributed by atoms with Crippen molar-refractivity contribution in [3.63, 3.8) is 0 Å². The first-order valence-corrected chi connectivity index (χ1v) is 9.84. The summed E-state index contributed by atoms with van der Waals surface area (Å²) in [6.07, 6.45) is 7.42. The Hall–Kier alpha value is -2.65. The summed E-state index contributed by atoms with van der Waals surface area (Å²) < 4.78 is 58.9. The van der Waals surface area contributed by atoms with Gasteiger partial charge in [0.2, 0.25) is 0 Å². The molecule has 0 radical (unpaired) electrons. The topological polar surface area (TPSA) is 134 Å². The molecule has 0 saturated heterocycles. The zero-order valence-electron chi connectivity index (χ0n) is 16.6. The molecule has 178 valence electrons. The Bertz CT molecular complexity index is 1020. The number of alkyl halides is 3. The first kappa shape index (κ1) is 27.4. The molecular formula is C17H18AuF3N7O3S-. The molecular weight excluding hydrogens is 636 g/mol. The van der Waals surface area contributed by atoms with Gasteiger partial charge in [0, 0.05) is 12.4 Å². The van der Waals surface area contributed by atoms with Crippen molar-refractivity contribution in [1.29, 1.82) is 0 Å². The molecule has 0 aromatic carbocycles. The Balaban J connectivity index is 0.000000271. The summed E-state index contributed by atoms with van der Waals surface area (Å²) in [7, 11) is -2.09. The summed E-state index contributed by atoms with van der Waals surface area (Å²) in [6, 6.07) is 9.61. The van der Waals surface area contributed by atoms with E-state index in [1.807, 2.05) is 73.3 Å². The van der Waals surface area contributed by atoms with Crippen molar-refractivity contribution in [1.82, 2.24) is 35.2 Å². The van der Waals surface area contributed by atoms with Crippen LogP contribution in [-0.2, 0) is 32.5 Å². The molecule has 3 aromatic rings. The zero-order chi connectivity index (χ0) is 23.1. The quantitative estimate of drug-likeness (QED) is 0.186. The molecule has 1 aliphatic heterocycles. The van der Waals surface area contributed by atoms with Crippen molar-refractivity contribution < 1.29 is 48.5 Å². The molecule has 0 aliphatic carbocycles. The van der Waals surface area contributed by atoms with Crippen LogP contribution < -0.4 is 0 Å². The van der Waals surface area contributed by atoms with Gasteiger partial charge in [0.25, 0.3) is 0 Å². The maximum absolute atomic E-state index is 10.7. The van der Waals surface area contributed by atoms with Crippen molar-refractivity contribution in [3.8, 4) is 22.8 Å². The molecule has 32 heavy (non-hydrogen) atoms. The van der Waals surface area contributed by atoms with E-state index in [0.29, 0.717) is 0 Å². The van der Waals surface area contributed by atoms with E-state index in [4.69, 9.17) is 13.0 Å². The van der Waals surface area contributed by atoms with Gasteiger partial charge in [0.05, 0.1) is 22.8 Å². The number of halogens is 3. The van der Waals surface area contributed by atoms with Crippen LogP contribution in [-0.4, -0.2) is 67.8 Å². The fourth-order valence-corrected chi connectivity index (χ4v) is 2.11. The monoisotopic (exact) mass is 654 g/mol. The smallest absolute Gasteiger partial charge is 0.741 e. The third-order valence-electron chi connectivity index (χ3n) is 3.49. The second-order valence-corrected chi connectivity index (χ2v) is 7.36. The van der Waals surface area contributed by atoms with Crippen LogP contribution in [0, 0.1) is 6.67 Å². The molecule has 0 fully saturated rings. The molecule has 0 spiro atoms. The van der Waals surface area contributed by atoms with Crippen LogP contribution >= 0.6 is 0 Å². The van der Waals surface area contributed by atoms with Gasteiger partial charge >= 0.3 is 27.9 Å². The Kier molecular flexibility index (Phi) is 10.1. The largest absolute Gasteiger partial charge is 1.00 e. The maximum Gasteiger partial charge on any atom is 1.00 e. The van der Waals surface area contributed by atoms with E-state index in [2.05, 4.69) is 25.4 Å². The standard InChI is InChI=1S/C11H9N5.C5H9N2.CHF3O3S.Au/c1-2-8(10-4-6-12-15-10)14-9(3-1)11-5-7-13-16-11;1-6-3-4-7(2)5-6;2-1(3,4)8(5,6)7;/h1-7H,(H,12,15)(H,13,16);3-5H,1-2H3;(H,5,6,7);/q;-1;;+1/p-1. The van der Waals surface area contributed by atoms with Crippen molar-refractivity contribution >= 4 is 10.1 Å². The number of hydrogen-bond acceptors (Lipinski definition) is 8. The third-order valence-corrected chi connectivity index (χ3v) is 4.05. The van der Waals surface area contributed by atoms with Crippen molar-refractivity contribution in [3.05, 3.63) is 61.8 Å². The summed E-state index contributed by atoms with van der Waals surface area (Å²) in [5.74, 6) is 0. The minimum atomic E-state index is -6.09. The first-order valence-electron chi connectivity index (χ1n) is 8.43. The molecule has 0 amide bonds. The van der Waals surface area contributed by atoms with Gasteiger partial charge in [-0.15, -0.1) is 0 Å². The van der Waals surface area contributed by atoms with E-state index in [0.717, 1.165) is 22.8 Å². The van der Waals surface area contributed by atoms with Crippen LogP contribution in [0.3, 0.4) is 0 Å². The van der Waals surface area contributed by atoms with E-state index in [9.17, 15) is 13.2 Å². The van der Waals surface area contributed by atoms with Crippen LogP contribution in [0.5, 0.6) is 0 Å². The van der Waals surface area contributed by atoms with Gasteiger partial charge in [0.1, 0.15) is 0 Å². The Morgan fingerprint density at radius 3 is 1.59 bits per heavy atom. The van der Waals surface area contributed by atoms with E-state index >= 15 is 0 Å². The van der Waals surface area contributed by atoms with Gasteiger partial charge < -0.3 is 14.4 Å². The fourth-order valence-electron chi connectivity index (χ4n) is 2.11. The molecule has 0 bridgehead atoms. The average Bonchev–Trinajstić information content (AvgIpc) is 3.45. The van der Waals surface area contributed by atoms with Crippen LogP contribution in [0.4, 0.5) is 13.2 Å². The molecule has 4 heterocycles. The van der Waals surface area contributed by atoms with Gasteiger partial charge in [-0.25, -0.2) is 13.4 Å². The number of nitrogens with one attached hydrogen (secondary N) is 2. The summed E-state index contributed by atoms with van der Waals surface area (Å²) >= 11 is 0. The normalized spacial score (nSPS) is 12.9. The molecule has 0 saturated carbocycles. The van der Waals surface area contributed by atoms with Crippen LogP contribution in [0.15, 0.2) is 55.1 Å². The SMILES string of the molecule is CN1C=CN(C)[CH-]1.O=S(=O)([O-])C(F)(F)F.[Au+].c1cc(-c2ccn[nH]2)nc(-c2ccn[nH]2)c1. The molecule has 10 nitrogen and oxygen atoms in total. The Labute approximate surface area is 197 Å². The van der Waals surface area contributed by atoms with E-state index in [-0.39, 0.29) is 22.4 Å². The maximum atomic E-state index is 10.7. The molecule has 0 atom stereocenters. The van der Waals surface area contributed by atoms with Crippen LogP contribution in [0.25, 0.3) is 22.8 Å². The van der Waals surface area contributed by atoms with Crippen LogP contribution in [0.1, 0.15) is 0 Å². The number of hydrogen-bond donors (Lipinski definition) is 2. The predicted molar refractivity (Wildman–Crippen MR) is 104 cm³/mol. The summed E-state index contributed by atoms with van der Waals surface area (Å²) in [6.45, 7) is 2.00. The Morgan fingerprint density at radius 1 is 0.938 bits per heavy atom. The second kappa shape index (κ2) is 11.8. The number of nitrogens with zero attached hydrogens (tertiary/aromatic N) is 5. The predicted octanol–water partition coefficient (Wildman–Crippen LogP) is 2.36. The first-order chi connectivity index (χ1) is 14.5. The van der Waals surface area contributed by atoms with Gasteiger partial charge in [-0.1, -0.05) is 6.07 Å². The van der Waals surface area contributed by atoms with Crippen molar-refractivity contribution in [2.75, 3.05) is 14.1 Å². The Morgan fingerprint density at radius 2 is 1.34 bits per heavy atom. The van der Waals surface area contributed by atoms with E-state index < -0.39 is 15.6 Å². The second-order valence-electron chi connectivity index (χ2n) is 5.99. The number of H-pyrrole nitrogens is 2. The van der Waals surface area contributed by atoms with E-state index in [1.54, 1.807) is 12.4 Å². The average molecular weight is 654 g/mol. The van der Waals surface area contributed by atoms with Gasteiger partial charge in [-0.3, -0.25) is 10.2 Å². The third kappa shape index (κ3) is 8.47. The summed E-state index contributed by atoms with van der Waals surface area (Å²) in [4.78, 5) is 8.52. The minimum Gasteiger partial charge on any atom is -0.741 e. The number of aromatic amines is 2. The zero-order valence-corrected chi connectivity index (χ0v) is 19.6. The molecule has 4 rings (SSSR count). The van der Waals surface area contributed by atoms with Crippen molar-refractivity contribution in [2.45, 2.75) is 5.51 Å². The van der Waals surface area contributed by atoms with Gasteiger partial charge in [-0.05, 0) is 50.8 Å². The summed E-state index contributed by atoms with van der Waals surface area (Å²) in [5.41, 5.74) is -2.11. The number of rotatable bonds is 2. The molecule has 3 aromatic heterocycles. The van der Waals surface area contributed by atoms with Crippen molar-refractivity contribution in [2.24, 2.45) is 0 Å². The molecule has 0 unspecified atom stereocenters. The fraction of sp³-hybridized carbons (Fsp3) is 0.176. The van der Waals surface area contributed by atoms with Gasteiger partial charge in [0.15, 0.2) is 10.1 Å².